The zero-order valence-electron chi connectivity index (χ0n) is 11.7. The first-order chi connectivity index (χ1) is 10.2. The Morgan fingerprint density at radius 3 is 2.32 bits per heavy atom. The van der Waals surface area contributed by atoms with Crippen molar-refractivity contribution in [1.82, 2.24) is 10.2 Å². The average molecular weight is 322 g/mol. The lowest BCUT2D eigenvalue weighted by atomic mass is 9.92. The maximum absolute atomic E-state index is 12.0. The molecule has 1 saturated carbocycles. The van der Waals surface area contributed by atoms with Gasteiger partial charge in [0.1, 0.15) is 13.0 Å². The number of aliphatic carboxylic acids is 1. The Morgan fingerprint density at radius 1 is 1.18 bits per heavy atom. The fourth-order valence-electron chi connectivity index (χ4n) is 2.81. The predicted molar refractivity (Wildman–Crippen MR) is 67.6 cm³/mol. The van der Waals surface area contributed by atoms with E-state index in [0.29, 0.717) is 0 Å². The quantitative estimate of drug-likeness (QED) is 0.727. The van der Waals surface area contributed by atoms with Gasteiger partial charge in [0.05, 0.1) is 5.92 Å². The minimum absolute atomic E-state index is 0.0158. The summed E-state index contributed by atoms with van der Waals surface area (Å²) in [5.41, 5.74) is 0. The van der Waals surface area contributed by atoms with Gasteiger partial charge >= 0.3 is 12.1 Å². The Kier molecular flexibility index (Phi) is 4.62. The van der Waals surface area contributed by atoms with Gasteiger partial charge in [0.25, 0.3) is 0 Å². The molecule has 0 aromatic rings. The van der Waals surface area contributed by atoms with E-state index in [0.717, 1.165) is 12.8 Å². The molecule has 0 aromatic carbocycles. The van der Waals surface area contributed by atoms with E-state index in [4.69, 9.17) is 0 Å². The van der Waals surface area contributed by atoms with E-state index in [2.05, 4.69) is 0 Å². The van der Waals surface area contributed by atoms with Crippen LogP contribution in [0.2, 0.25) is 0 Å². The fourth-order valence-corrected chi connectivity index (χ4v) is 2.81. The van der Waals surface area contributed by atoms with Crippen molar-refractivity contribution in [2.24, 2.45) is 17.8 Å². The number of carbonyl (C=O) groups excluding carboxylic acids is 2. The van der Waals surface area contributed by atoms with Crippen LogP contribution in [0.3, 0.4) is 0 Å². The number of nitrogens with one attached hydrogen (secondary N) is 1. The van der Waals surface area contributed by atoms with Crippen LogP contribution < -0.4 is 5.32 Å². The summed E-state index contributed by atoms with van der Waals surface area (Å²) in [5, 5.41) is 10.8. The Hall–Kier alpha value is -1.80. The van der Waals surface area contributed by atoms with Crippen molar-refractivity contribution in [3.8, 4) is 0 Å². The van der Waals surface area contributed by atoms with Crippen molar-refractivity contribution in [2.75, 3.05) is 19.6 Å². The second kappa shape index (κ2) is 6.13. The first kappa shape index (κ1) is 16.6. The summed E-state index contributed by atoms with van der Waals surface area (Å²) < 4.78 is 35.9. The number of hydrogen-bond donors (Lipinski definition) is 2. The Labute approximate surface area is 124 Å². The molecule has 2 atom stereocenters. The maximum Gasteiger partial charge on any atom is 0.405 e. The molecule has 1 aliphatic heterocycles. The van der Waals surface area contributed by atoms with Crippen molar-refractivity contribution in [1.29, 1.82) is 0 Å². The molecule has 2 rings (SSSR count). The molecule has 124 valence electrons. The number of alkyl halides is 3. The van der Waals surface area contributed by atoms with Gasteiger partial charge in [-0.15, -0.1) is 0 Å². The van der Waals surface area contributed by atoms with Gasteiger partial charge in [0.2, 0.25) is 11.8 Å². The van der Waals surface area contributed by atoms with E-state index in [1.54, 1.807) is 5.32 Å². The summed E-state index contributed by atoms with van der Waals surface area (Å²) in [6, 6.07) is 0. The van der Waals surface area contributed by atoms with Crippen molar-refractivity contribution in [2.45, 2.75) is 25.4 Å². The second-order valence-corrected chi connectivity index (χ2v) is 5.81. The zero-order valence-corrected chi connectivity index (χ0v) is 11.7. The van der Waals surface area contributed by atoms with Gasteiger partial charge < -0.3 is 15.3 Å². The van der Waals surface area contributed by atoms with Gasteiger partial charge in [-0.05, 0) is 24.7 Å². The number of carboxylic acids is 1. The van der Waals surface area contributed by atoms with E-state index >= 15 is 0 Å². The highest BCUT2D eigenvalue weighted by Crippen LogP contribution is 2.44. The van der Waals surface area contributed by atoms with Gasteiger partial charge in [-0.1, -0.05) is 0 Å². The van der Waals surface area contributed by atoms with Crippen molar-refractivity contribution < 1.29 is 32.7 Å². The first-order valence-corrected chi connectivity index (χ1v) is 7.01. The van der Waals surface area contributed by atoms with Gasteiger partial charge in [0, 0.05) is 13.1 Å². The summed E-state index contributed by atoms with van der Waals surface area (Å²) in [6.45, 7) is -1.21. The van der Waals surface area contributed by atoms with Gasteiger partial charge in [0.15, 0.2) is 0 Å². The number of likely N-dealkylation sites (tertiary alicyclic amines) is 1. The molecule has 1 aliphatic carbocycles. The molecule has 6 nitrogen and oxygen atoms in total. The Balaban J connectivity index is 1.85. The van der Waals surface area contributed by atoms with E-state index in [-0.39, 0.29) is 24.9 Å². The molecule has 1 saturated heterocycles. The fraction of sp³-hybridized carbons (Fsp3) is 0.769. The Bertz CT molecular complexity index is 476. The average Bonchev–Trinajstić information content (AvgIpc) is 3.13. The summed E-state index contributed by atoms with van der Waals surface area (Å²) >= 11 is 0. The van der Waals surface area contributed by atoms with E-state index < -0.39 is 42.8 Å². The highest BCUT2D eigenvalue weighted by molar-refractivity contribution is 5.97. The van der Waals surface area contributed by atoms with Crippen LogP contribution in [-0.2, 0) is 14.4 Å². The van der Waals surface area contributed by atoms with Crippen LogP contribution in [0.25, 0.3) is 0 Å². The smallest absolute Gasteiger partial charge is 0.405 e. The molecule has 0 aromatic heterocycles. The molecular formula is C13H17F3N2O4. The van der Waals surface area contributed by atoms with Crippen molar-refractivity contribution in [3.05, 3.63) is 0 Å². The molecule has 0 radical (unpaired) electrons. The van der Waals surface area contributed by atoms with Crippen LogP contribution in [0, 0.1) is 17.8 Å². The normalized spacial score (nSPS) is 25.1. The minimum atomic E-state index is -4.53. The van der Waals surface area contributed by atoms with Crippen molar-refractivity contribution >= 4 is 17.8 Å². The third-order valence-corrected chi connectivity index (χ3v) is 4.06. The third kappa shape index (κ3) is 4.35. The molecule has 2 aliphatic rings. The first-order valence-electron chi connectivity index (χ1n) is 7.01. The molecule has 2 amide bonds. The lowest BCUT2D eigenvalue weighted by Gasteiger charge is -2.16. The third-order valence-electron chi connectivity index (χ3n) is 4.06. The summed E-state index contributed by atoms with van der Waals surface area (Å²) in [6.07, 6.45) is -3.36. The monoisotopic (exact) mass is 322 g/mol. The SMILES string of the molecule is O=C(CC(=O)N1C[C@H](C(=O)O)[C@@H](C2CC2)C1)NCC(F)(F)F. The number of rotatable bonds is 5. The molecule has 9 heteroatoms. The molecular weight excluding hydrogens is 305 g/mol. The number of hydrogen-bond acceptors (Lipinski definition) is 3. The maximum atomic E-state index is 12.0. The highest BCUT2D eigenvalue weighted by Gasteiger charge is 2.46. The summed E-state index contributed by atoms with van der Waals surface area (Å²) in [4.78, 5) is 35.7. The number of nitrogens with zero attached hydrogens (tertiary/aromatic N) is 1. The second-order valence-electron chi connectivity index (χ2n) is 5.81. The molecule has 2 fully saturated rings. The number of carbonyl (C=O) groups is 3. The lowest BCUT2D eigenvalue weighted by Crippen LogP contribution is -2.38. The van der Waals surface area contributed by atoms with Crippen LogP contribution in [0.1, 0.15) is 19.3 Å². The highest BCUT2D eigenvalue weighted by atomic mass is 19.4. The van der Waals surface area contributed by atoms with Gasteiger partial charge in [-0.25, -0.2) is 0 Å². The largest absolute Gasteiger partial charge is 0.481 e. The van der Waals surface area contributed by atoms with E-state index in [9.17, 15) is 32.7 Å². The predicted octanol–water partition coefficient (Wildman–Crippen LogP) is 0.624. The summed E-state index contributed by atoms with van der Waals surface area (Å²) in [7, 11) is 0. The topological polar surface area (TPSA) is 86.7 Å². The molecule has 0 spiro atoms. The number of carboxylic acid groups (broad SMARTS) is 1. The lowest BCUT2D eigenvalue weighted by molar-refractivity contribution is -0.143. The van der Waals surface area contributed by atoms with Crippen LogP contribution in [0.4, 0.5) is 13.2 Å². The van der Waals surface area contributed by atoms with Crippen LogP contribution >= 0.6 is 0 Å². The molecule has 22 heavy (non-hydrogen) atoms. The Morgan fingerprint density at radius 2 is 1.82 bits per heavy atom. The van der Waals surface area contributed by atoms with Crippen molar-refractivity contribution in [3.63, 3.8) is 0 Å². The molecule has 0 unspecified atom stereocenters. The van der Waals surface area contributed by atoms with Gasteiger partial charge in [-0.2, -0.15) is 13.2 Å². The summed E-state index contributed by atoms with van der Waals surface area (Å²) in [5.74, 6) is -3.11. The molecule has 1 heterocycles. The molecule has 2 N–H and O–H groups in total. The van der Waals surface area contributed by atoms with Crippen LogP contribution in [0.5, 0.6) is 0 Å². The van der Waals surface area contributed by atoms with E-state index in [1.807, 2.05) is 0 Å². The zero-order chi connectivity index (χ0) is 16.5. The minimum Gasteiger partial charge on any atom is -0.481 e. The van der Waals surface area contributed by atoms with Crippen LogP contribution in [-0.4, -0.2) is 53.6 Å². The number of halogens is 3. The standard InChI is InChI=1S/C13H17F3N2O4/c14-13(15,16)6-17-10(19)3-11(20)18-4-8(7-1-2-7)9(5-18)12(21)22/h7-9H,1-6H2,(H,17,19)(H,21,22)/t8-,9+/m1/s1. The van der Waals surface area contributed by atoms with E-state index in [1.165, 1.54) is 4.90 Å². The van der Waals surface area contributed by atoms with Gasteiger partial charge in [-0.3, -0.25) is 14.4 Å². The molecule has 0 bridgehead atoms. The van der Waals surface area contributed by atoms with Crippen LogP contribution in [0.15, 0.2) is 0 Å². The number of amides is 2.